The summed E-state index contributed by atoms with van der Waals surface area (Å²) in [6, 6.07) is 10.0. The molecule has 7 heteroatoms. The van der Waals surface area contributed by atoms with Crippen LogP contribution < -0.4 is 10.6 Å². The minimum absolute atomic E-state index is 0.0522. The number of carbonyl (C=O) groups excluding carboxylic acids is 1. The Morgan fingerprint density at radius 1 is 1.19 bits per heavy atom. The largest absolute Gasteiger partial charge is 0.368 e. The van der Waals surface area contributed by atoms with Crippen LogP contribution >= 0.6 is 0 Å². The van der Waals surface area contributed by atoms with Crippen LogP contribution in [0.2, 0.25) is 0 Å². The number of nitrogens with zero attached hydrogens (tertiary/aromatic N) is 4. The zero-order valence-corrected chi connectivity index (χ0v) is 15.7. The van der Waals surface area contributed by atoms with Crippen LogP contribution in [0.25, 0.3) is 16.7 Å². The number of aromatic nitrogens is 4. The van der Waals surface area contributed by atoms with Gasteiger partial charge in [-0.3, -0.25) is 4.79 Å². The van der Waals surface area contributed by atoms with E-state index in [0.29, 0.717) is 25.4 Å². The quantitative estimate of drug-likeness (QED) is 0.630. The summed E-state index contributed by atoms with van der Waals surface area (Å²) in [6.07, 6.45) is 2.76. The molecular formula is C20H24N6O. The van der Waals surface area contributed by atoms with E-state index >= 15 is 0 Å². The third-order valence-electron chi connectivity index (χ3n) is 4.72. The molecule has 0 spiro atoms. The first-order valence-corrected chi connectivity index (χ1v) is 9.50. The van der Waals surface area contributed by atoms with Crippen LogP contribution in [0.3, 0.4) is 0 Å². The van der Waals surface area contributed by atoms with Crippen molar-refractivity contribution < 1.29 is 4.79 Å². The van der Waals surface area contributed by atoms with Crippen molar-refractivity contribution in [3.63, 3.8) is 0 Å². The van der Waals surface area contributed by atoms with Crippen molar-refractivity contribution in [1.29, 1.82) is 0 Å². The molecule has 27 heavy (non-hydrogen) atoms. The lowest BCUT2D eigenvalue weighted by molar-refractivity contribution is -0.120. The average molecular weight is 364 g/mol. The molecule has 1 amide bonds. The highest BCUT2D eigenvalue weighted by molar-refractivity contribution is 5.90. The van der Waals surface area contributed by atoms with Crippen molar-refractivity contribution >= 4 is 22.8 Å². The minimum Gasteiger partial charge on any atom is -0.368 e. The highest BCUT2D eigenvalue weighted by Crippen LogP contribution is 2.40. The highest BCUT2D eigenvalue weighted by atomic mass is 16.1. The second kappa shape index (κ2) is 7.34. The highest BCUT2D eigenvalue weighted by Gasteiger charge is 2.29. The Bertz CT molecular complexity index is 962. The summed E-state index contributed by atoms with van der Waals surface area (Å²) in [5.41, 5.74) is 2.70. The molecule has 1 aliphatic carbocycles. The van der Waals surface area contributed by atoms with E-state index in [9.17, 15) is 4.79 Å². The number of amides is 1. The molecule has 3 aromatic rings. The molecule has 0 aliphatic heterocycles. The van der Waals surface area contributed by atoms with Crippen LogP contribution in [0.4, 0.5) is 5.82 Å². The van der Waals surface area contributed by atoms with Crippen LogP contribution in [-0.4, -0.2) is 38.7 Å². The Kier molecular flexibility index (Phi) is 4.75. The van der Waals surface area contributed by atoms with E-state index in [1.54, 1.807) is 0 Å². The van der Waals surface area contributed by atoms with E-state index in [4.69, 9.17) is 15.1 Å². The maximum atomic E-state index is 11.4. The number of aryl methyl sites for hydroxylation is 1. The fraction of sp³-hybridized carbons (Fsp3) is 0.400. The molecule has 1 fully saturated rings. The molecule has 0 radical (unpaired) electrons. The van der Waals surface area contributed by atoms with E-state index in [1.807, 2.05) is 48.9 Å². The predicted octanol–water partition coefficient (Wildman–Crippen LogP) is 2.94. The summed E-state index contributed by atoms with van der Waals surface area (Å²) in [5, 5.41) is 11.9. The average Bonchev–Trinajstić information content (AvgIpc) is 3.49. The first-order chi connectivity index (χ1) is 13.2. The number of anilines is 1. The van der Waals surface area contributed by atoms with E-state index in [2.05, 4.69) is 10.6 Å². The van der Waals surface area contributed by atoms with E-state index in [-0.39, 0.29) is 5.91 Å². The minimum atomic E-state index is 0.0522. The number of hydrogen-bond acceptors (Lipinski definition) is 5. The van der Waals surface area contributed by atoms with Gasteiger partial charge in [0.25, 0.3) is 0 Å². The Balaban J connectivity index is 1.70. The second-order valence-electron chi connectivity index (χ2n) is 6.87. The Hall–Kier alpha value is -2.96. The molecule has 2 heterocycles. The number of fused-ring (bicyclic) bond motifs is 1. The lowest BCUT2D eigenvalue weighted by atomic mass is 10.2. The lowest BCUT2D eigenvalue weighted by Crippen LogP contribution is -2.28. The predicted molar refractivity (Wildman–Crippen MR) is 105 cm³/mol. The standard InChI is InChI=1S/C20H24N6O/c1-3-16(27)21-11-12-22-19-17-13(2)25-26(15-7-5-4-6-8-15)20(17)24-18(23-19)14-9-10-14/h4-8,14H,3,9-12H2,1-2H3,(H,21,27)(H,22,23,24). The van der Waals surface area contributed by atoms with Gasteiger partial charge in [-0.1, -0.05) is 25.1 Å². The molecule has 0 saturated heterocycles. The summed E-state index contributed by atoms with van der Waals surface area (Å²) >= 11 is 0. The number of para-hydroxylation sites is 1. The molecule has 0 bridgehead atoms. The van der Waals surface area contributed by atoms with Gasteiger partial charge in [0.2, 0.25) is 5.91 Å². The maximum absolute atomic E-state index is 11.4. The fourth-order valence-electron chi connectivity index (χ4n) is 3.11. The topological polar surface area (TPSA) is 84.7 Å². The van der Waals surface area contributed by atoms with Gasteiger partial charge in [0.1, 0.15) is 11.6 Å². The zero-order valence-electron chi connectivity index (χ0n) is 15.7. The summed E-state index contributed by atoms with van der Waals surface area (Å²) < 4.78 is 1.89. The van der Waals surface area contributed by atoms with Crippen molar-refractivity contribution in [1.82, 2.24) is 25.1 Å². The molecule has 1 saturated carbocycles. The van der Waals surface area contributed by atoms with Crippen LogP contribution in [0, 0.1) is 6.92 Å². The van der Waals surface area contributed by atoms with Crippen molar-refractivity contribution in [2.45, 2.75) is 39.0 Å². The molecule has 2 N–H and O–H groups in total. The third-order valence-corrected chi connectivity index (χ3v) is 4.72. The molecular weight excluding hydrogens is 340 g/mol. The van der Waals surface area contributed by atoms with Crippen molar-refractivity contribution in [2.24, 2.45) is 0 Å². The first kappa shape index (κ1) is 17.5. The summed E-state index contributed by atoms with van der Waals surface area (Å²) in [6.45, 7) is 4.99. The van der Waals surface area contributed by atoms with Gasteiger partial charge in [-0.25, -0.2) is 14.6 Å². The molecule has 0 unspecified atom stereocenters. The fourth-order valence-corrected chi connectivity index (χ4v) is 3.11. The lowest BCUT2D eigenvalue weighted by Gasteiger charge is -2.10. The van der Waals surface area contributed by atoms with E-state index < -0.39 is 0 Å². The van der Waals surface area contributed by atoms with Gasteiger partial charge in [0, 0.05) is 25.4 Å². The molecule has 1 aromatic carbocycles. The second-order valence-corrected chi connectivity index (χ2v) is 6.87. The van der Waals surface area contributed by atoms with Gasteiger partial charge in [-0.05, 0) is 31.9 Å². The molecule has 7 nitrogen and oxygen atoms in total. The number of nitrogens with one attached hydrogen (secondary N) is 2. The van der Waals surface area contributed by atoms with Crippen molar-refractivity contribution in [3.05, 3.63) is 41.9 Å². The van der Waals surface area contributed by atoms with Crippen LogP contribution in [-0.2, 0) is 4.79 Å². The molecule has 1 aliphatic rings. The number of benzene rings is 1. The third kappa shape index (κ3) is 3.63. The zero-order chi connectivity index (χ0) is 18.8. The molecule has 140 valence electrons. The Morgan fingerprint density at radius 2 is 1.96 bits per heavy atom. The normalized spacial score (nSPS) is 13.7. The van der Waals surface area contributed by atoms with Gasteiger partial charge in [-0.2, -0.15) is 5.10 Å². The smallest absolute Gasteiger partial charge is 0.219 e. The first-order valence-electron chi connectivity index (χ1n) is 9.50. The Labute approximate surface area is 158 Å². The Morgan fingerprint density at radius 3 is 2.67 bits per heavy atom. The summed E-state index contributed by atoms with van der Waals surface area (Å²) in [5.74, 6) is 2.16. The van der Waals surface area contributed by atoms with Gasteiger partial charge in [-0.15, -0.1) is 0 Å². The van der Waals surface area contributed by atoms with E-state index in [1.165, 1.54) is 0 Å². The number of carbonyl (C=O) groups is 1. The van der Waals surface area contributed by atoms with Crippen molar-refractivity contribution in [2.75, 3.05) is 18.4 Å². The molecule has 0 atom stereocenters. The molecule has 2 aromatic heterocycles. The summed E-state index contributed by atoms with van der Waals surface area (Å²) in [4.78, 5) is 21.0. The van der Waals surface area contributed by atoms with Gasteiger partial charge in [0.15, 0.2) is 5.65 Å². The molecule has 4 rings (SSSR count). The van der Waals surface area contributed by atoms with Gasteiger partial charge < -0.3 is 10.6 Å². The van der Waals surface area contributed by atoms with E-state index in [0.717, 1.165) is 46.9 Å². The van der Waals surface area contributed by atoms with Crippen LogP contribution in [0.5, 0.6) is 0 Å². The monoisotopic (exact) mass is 364 g/mol. The number of hydrogen-bond donors (Lipinski definition) is 2. The van der Waals surface area contributed by atoms with Gasteiger partial charge >= 0.3 is 0 Å². The van der Waals surface area contributed by atoms with Gasteiger partial charge in [0.05, 0.1) is 16.8 Å². The summed E-state index contributed by atoms with van der Waals surface area (Å²) in [7, 11) is 0. The van der Waals surface area contributed by atoms with Crippen LogP contribution in [0.1, 0.15) is 43.6 Å². The number of rotatable bonds is 7. The maximum Gasteiger partial charge on any atom is 0.219 e. The van der Waals surface area contributed by atoms with Crippen LogP contribution in [0.15, 0.2) is 30.3 Å². The SMILES string of the molecule is CCC(=O)NCCNc1nc(C2CC2)nc2c1c(C)nn2-c1ccccc1. The van der Waals surface area contributed by atoms with Crippen molar-refractivity contribution in [3.8, 4) is 5.69 Å².